The molecule has 0 aliphatic heterocycles. The molecule has 1 heteroatoms. The molecule has 1 aromatic heterocycles. The van der Waals surface area contributed by atoms with Crippen molar-refractivity contribution in [3.8, 4) is 55.6 Å². The van der Waals surface area contributed by atoms with Crippen LogP contribution in [0.3, 0.4) is 0 Å². The smallest absolute Gasteiger partial charge is 0.0786 e. The summed E-state index contributed by atoms with van der Waals surface area (Å²) in [5.41, 5.74) is 13.1. The third-order valence-corrected chi connectivity index (χ3v) is 12.4. The summed E-state index contributed by atoms with van der Waals surface area (Å²) in [5.74, 6) is 0. The first kappa shape index (κ1) is 34.2. The lowest BCUT2D eigenvalue weighted by molar-refractivity contribution is 1.43. The van der Waals surface area contributed by atoms with Crippen LogP contribution in [0.25, 0.3) is 120 Å². The first-order valence-corrected chi connectivity index (χ1v) is 20.7. The lowest BCUT2D eigenvalue weighted by Gasteiger charge is -2.20. The third-order valence-electron chi connectivity index (χ3n) is 12.4. The first-order chi connectivity index (χ1) is 29.7. The monoisotopic (exact) mass is 759 g/mol. The van der Waals surface area contributed by atoms with Gasteiger partial charge >= 0.3 is 0 Å². The number of fused-ring (bicyclic) bond motifs is 7. The Labute approximate surface area is 348 Å². The lowest BCUT2D eigenvalue weighted by atomic mass is 9.83. The molecule has 0 aliphatic carbocycles. The predicted octanol–water partition coefficient (Wildman–Crippen LogP) is 16.3. The molecule has 11 aromatic carbocycles. The van der Waals surface area contributed by atoms with Crippen molar-refractivity contribution in [2.75, 3.05) is 0 Å². The zero-order chi connectivity index (χ0) is 39.6. The van der Waals surface area contributed by atoms with Gasteiger partial charge in [0, 0.05) is 17.0 Å². The highest BCUT2D eigenvalue weighted by Crippen LogP contribution is 2.47. The van der Waals surface area contributed by atoms with Gasteiger partial charge in [-0.3, -0.25) is 4.98 Å². The largest absolute Gasteiger partial charge is 0.256 e. The standard InChI is InChI=1S/C59H37N/c1-2-10-38(11-3-1)47-29-31-52-54(36-47)57(50-28-22-40-13-5-7-15-46(40)35-50)55-37-48(30-32-53(55)56(52)49-27-21-39-12-4-6-14-45(39)34-49)41-19-23-42(24-20-41)51-18-8-16-43-25-26-44-17-9-33-60-59(44)58(43)51/h1-37H. The van der Waals surface area contributed by atoms with E-state index < -0.39 is 0 Å². The number of pyridine rings is 1. The van der Waals surface area contributed by atoms with E-state index in [9.17, 15) is 0 Å². The molecule has 1 nitrogen and oxygen atoms in total. The van der Waals surface area contributed by atoms with Gasteiger partial charge in [0.15, 0.2) is 0 Å². The van der Waals surface area contributed by atoms with E-state index >= 15 is 0 Å². The molecule has 0 N–H and O–H groups in total. The number of hydrogen-bond donors (Lipinski definition) is 0. The highest BCUT2D eigenvalue weighted by Gasteiger charge is 2.20. The molecular weight excluding hydrogens is 723 g/mol. The Hall–Kier alpha value is -7.87. The molecule has 0 saturated carbocycles. The summed E-state index contributed by atoms with van der Waals surface area (Å²) < 4.78 is 0. The van der Waals surface area contributed by atoms with E-state index in [1.807, 2.05) is 12.3 Å². The zero-order valence-corrected chi connectivity index (χ0v) is 32.8. The predicted molar refractivity (Wildman–Crippen MR) is 256 cm³/mol. The Balaban J connectivity index is 1.11. The van der Waals surface area contributed by atoms with Gasteiger partial charge in [0.25, 0.3) is 0 Å². The summed E-state index contributed by atoms with van der Waals surface area (Å²) in [4.78, 5) is 4.83. The molecule has 0 bridgehead atoms. The lowest BCUT2D eigenvalue weighted by Crippen LogP contribution is -1.93. The fourth-order valence-corrected chi connectivity index (χ4v) is 9.53. The van der Waals surface area contributed by atoms with E-state index in [4.69, 9.17) is 4.98 Å². The van der Waals surface area contributed by atoms with Gasteiger partial charge in [-0.25, -0.2) is 0 Å². The number of rotatable bonds is 5. The maximum absolute atomic E-state index is 4.83. The van der Waals surface area contributed by atoms with Crippen molar-refractivity contribution in [3.63, 3.8) is 0 Å². The third kappa shape index (κ3) is 5.67. The Bertz CT molecular complexity index is 3640. The minimum atomic E-state index is 1.04. The topological polar surface area (TPSA) is 12.9 Å². The second kappa shape index (κ2) is 13.9. The molecule has 0 spiro atoms. The van der Waals surface area contributed by atoms with Gasteiger partial charge in [-0.2, -0.15) is 0 Å². The fraction of sp³-hybridized carbons (Fsp3) is 0. The summed E-state index contributed by atoms with van der Waals surface area (Å²) in [6, 6.07) is 80.4. The van der Waals surface area contributed by atoms with E-state index in [-0.39, 0.29) is 0 Å². The minimum Gasteiger partial charge on any atom is -0.256 e. The van der Waals surface area contributed by atoms with Gasteiger partial charge in [0.05, 0.1) is 5.52 Å². The molecule has 0 unspecified atom stereocenters. The molecule has 0 amide bonds. The van der Waals surface area contributed by atoms with Crippen molar-refractivity contribution in [1.82, 2.24) is 4.98 Å². The molecule has 12 aromatic rings. The zero-order valence-electron chi connectivity index (χ0n) is 32.8. The molecule has 0 aliphatic rings. The normalized spacial score (nSPS) is 11.7. The molecule has 12 rings (SSSR count). The molecular formula is C59H37N. The van der Waals surface area contributed by atoms with Crippen molar-refractivity contribution >= 4 is 64.8 Å². The number of benzene rings is 11. The highest BCUT2D eigenvalue weighted by molar-refractivity contribution is 6.23. The van der Waals surface area contributed by atoms with Gasteiger partial charge in [0.1, 0.15) is 0 Å². The van der Waals surface area contributed by atoms with Crippen LogP contribution in [0.1, 0.15) is 0 Å². The fourth-order valence-electron chi connectivity index (χ4n) is 9.53. The van der Waals surface area contributed by atoms with Crippen molar-refractivity contribution in [1.29, 1.82) is 0 Å². The molecule has 0 saturated heterocycles. The van der Waals surface area contributed by atoms with Crippen LogP contribution in [0.2, 0.25) is 0 Å². The maximum atomic E-state index is 4.83. The van der Waals surface area contributed by atoms with Crippen LogP contribution in [-0.2, 0) is 0 Å². The van der Waals surface area contributed by atoms with Crippen molar-refractivity contribution in [2.24, 2.45) is 0 Å². The first-order valence-electron chi connectivity index (χ1n) is 20.7. The molecule has 0 fully saturated rings. The van der Waals surface area contributed by atoms with E-state index in [0.717, 1.165) is 10.9 Å². The van der Waals surface area contributed by atoms with E-state index in [1.165, 1.54) is 109 Å². The Morgan fingerprint density at radius 1 is 0.250 bits per heavy atom. The molecule has 60 heavy (non-hydrogen) atoms. The molecule has 278 valence electrons. The number of nitrogens with zero attached hydrogens (tertiary/aromatic N) is 1. The molecule has 1 heterocycles. The SMILES string of the molecule is c1ccc(-c2ccc3c(-c4ccc5ccccc5c4)c4ccc(-c5ccc(-c6cccc7ccc8cccnc8c67)cc5)cc4c(-c4ccc5ccccc5c4)c3c2)cc1. The second-order valence-electron chi connectivity index (χ2n) is 15.9. The van der Waals surface area contributed by atoms with Crippen LogP contribution in [0.15, 0.2) is 225 Å². The van der Waals surface area contributed by atoms with Crippen LogP contribution in [0, 0.1) is 0 Å². The summed E-state index contributed by atoms with van der Waals surface area (Å²) in [7, 11) is 0. The quantitative estimate of drug-likeness (QED) is 0.126. The number of aromatic nitrogens is 1. The maximum Gasteiger partial charge on any atom is 0.0786 e. The van der Waals surface area contributed by atoms with Gasteiger partial charge in [0.2, 0.25) is 0 Å². The van der Waals surface area contributed by atoms with E-state index in [0.29, 0.717) is 0 Å². The average molecular weight is 760 g/mol. The van der Waals surface area contributed by atoms with Gasteiger partial charge < -0.3 is 0 Å². The summed E-state index contributed by atoms with van der Waals surface area (Å²) in [6.45, 7) is 0. The molecule has 0 atom stereocenters. The van der Waals surface area contributed by atoms with Crippen molar-refractivity contribution in [2.45, 2.75) is 0 Å². The van der Waals surface area contributed by atoms with E-state index in [2.05, 4.69) is 212 Å². The van der Waals surface area contributed by atoms with Crippen LogP contribution in [-0.4, -0.2) is 4.98 Å². The van der Waals surface area contributed by atoms with Crippen LogP contribution in [0.5, 0.6) is 0 Å². The van der Waals surface area contributed by atoms with Gasteiger partial charge in [-0.05, 0) is 134 Å². The second-order valence-corrected chi connectivity index (χ2v) is 15.9. The van der Waals surface area contributed by atoms with Crippen molar-refractivity contribution in [3.05, 3.63) is 225 Å². The van der Waals surface area contributed by atoms with Gasteiger partial charge in [-0.1, -0.05) is 188 Å². The summed E-state index contributed by atoms with van der Waals surface area (Å²) >= 11 is 0. The summed E-state index contributed by atoms with van der Waals surface area (Å²) in [5, 5.41) is 13.5. The van der Waals surface area contributed by atoms with Crippen LogP contribution < -0.4 is 0 Å². The average Bonchev–Trinajstić information content (AvgIpc) is 3.32. The Morgan fingerprint density at radius 3 is 1.37 bits per heavy atom. The van der Waals surface area contributed by atoms with Gasteiger partial charge in [-0.15, -0.1) is 0 Å². The molecule has 0 radical (unpaired) electrons. The van der Waals surface area contributed by atoms with E-state index in [1.54, 1.807) is 0 Å². The van der Waals surface area contributed by atoms with Crippen molar-refractivity contribution < 1.29 is 0 Å². The summed E-state index contributed by atoms with van der Waals surface area (Å²) in [6.07, 6.45) is 1.89. The Kier molecular flexibility index (Phi) is 7.92. The Morgan fingerprint density at radius 2 is 0.717 bits per heavy atom. The van der Waals surface area contributed by atoms with Crippen LogP contribution >= 0.6 is 0 Å². The number of hydrogen-bond acceptors (Lipinski definition) is 1. The van der Waals surface area contributed by atoms with Crippen LogP contribution in [0.4, 0.5) is 0 Å². The highest BCUT2D eigenvalue weighted by atomic mass is 14.6. The minimum absolute atomic E-state index is 1.04.